The minimum atomic E-state index is -0.162. The van der Waals surface area contributed by atoms with Crippen molar-refractivity contribution >= 4 is 16.7 Å². The summed E-state index contributed by atoms with van der Waals surface area (Å²) < 4.78 is 10.6. The van der Waals surface area contributed by atoms with E-state index in [2.05, 4.69) is 22.3 Å². The highest BCUT2D eigenvalue weighted by Gasteiger charge is 2.16. The summed E-state index contributed by atoms with van der Waals surface area (Å²) in [7, 11) is 1.67. The van der Waals surface area contributed by atoms with E-state index < -0.39 is 0 Å². The maximum Gasteiger partial charge on any atom is 0.227 e. The van der Waals surface area contributed by atoms with E-state index in [1.165, 1.54) is 0 Å². The van der Waals surface area contributed by atoms with E-state index in [1.54, 1.807) is 7.11 Å². The Labute approximate surface area is 155 Å². The van der Waals surface area contributed by atoms with Crippen LogP contribution in [0.15, 0.2) is 36.4 Å². The number of nitrogens with one attached hydrogen (secondary N) is 1. The van der Waals surface area contributed by atoms with Crippen molar-refractivity contribution in [3.05, 3.63) is 42.0 Å². The molecule has 1 aliphatic rings. The predicted molar refractivity (Wildman–Crippen MR) is 104 cm³/mol. The van der Waals surface area contributed by atoms with Crippen LogP contribution in [0.3, 0.4) is 0 Å². The number of nitrogens with zero attached hydrogens (tertiary/aromatic N) is 1. The molecule has 0 radical (unpaired) electrons. The van der Waals surface area contributed by atoms with Crippen LogP contribution in [0, 0.1) is 0 Å². The molecule has 140 valence electrons. The van der Waals surface area contributed by atoms with Gasteiger partial charge >= 0.3 is 0 Å². The number of carbonyl (C=O) groups is 1. The Morgan fingerprint density at radius 2 is 1.92 bits per heavy atom. The molecular formula is C21H28N2O3. The summed E-state index contributed by atoms with van der Waals surface area (Å²) in [6.45, 7) is 7.30. The van der Waals surface area contributed by atoms with Gasteiger partial charge in [-0.15, -0.1) is 0 Å². The van der Waals surface area contributed by atoms with Crippen molar-refractivity contribution in [3.63, 3.8) is 0 Å². The number of fused-ring (bicyclic) bond motifs is 1. The second kappa shape index (κ2) is 9.01. The molecule has 1 unspecified atom stereocenters. The van der Waals surface area contributed by atoms with E-state index in [4.69, 9.17) is 9.47 Å². The lowest BCUT2D eigenvalue weighted by Gasteiger charge is -2.26. The number of ether oxygens (including phenoxy) is 2. The number of hydrogen-bond acceptors (Lipinski definition) is 4. The minimum Gasteiger partial charge on any atom is -0.497 e. The summed E-state index contributed by atoms with van der Waals surface area (Å²) >= 11 is 0. The normalized spacial score (nSPS) is 16.4. The fraction of sp³-hybridized carbons (Fsp3) is 0.476. The summed E-state index contributed by atoms with van der Waals surface area (Å²) in [5, 5.41) is 5.31. The van der Waals surface area contributed by atoms with Gasteiger partial charge in [0, 0.05) is 19.6 Å². The lowest BCUT2D eigenvalue weighted by atomic mass is 9.97. The van der Waals surface area contributed by atoms with E-state index >= 15 is 0 Å². The lowest BCUT2D eigenvalue weighted by molar-refractivity contribution is -0.122. The average molecular weight is 356 g/mol. The number of carbonyl (C=O) groups excluding carboxylic acids is 1. The van der Waals surface area contributed by atoms with Crippen LogP contribution in [-0.2, 0) is 9.53 Å². The molecule has 0 saturated carbocycles. The van der Waals surface area contributed by atoms with Crippen LogP contribution < -0.4 is 10.1 Å². The van der Waals surface area contributed by atoms with Crippen LogP contribution in [0.5, 0.6) is 5.75 Å². The predicted octanol–water partition coefficient (Wildman–Crippen LogP) is 2.79. The Balaban J connectivity index is 1.51. The maximum absolute atomic E-state index is 12.5. The monoisotopic (exact) mass is 356 g/mol. The molecule has 1 aliphatic heterocycles. The Hall–Kier alpha value is -2.11. The first-order chi connectivity index (χ1) is 12.7. The quantitative estimate of drug-likeness (QED) is 0.775. The fourth-order valence-corrected chi connectivity index (χ4v) is 3.28. The highest BCUT2D eigenvalue weighted by atomic mass is 16.5. The average Bonchev–Trinajstić information content (AvgIpc) is 2.70. The highest BCUT2D eigenvalue weighted by Crippen LogP contribution is 2.25. The number of methoxy groups -OCH3 is 1. The Kier molecular flexibility index (Phi) is 6.47. The van der Waals surface area contributed by atoms with Gasteiger partial charge in [-0.1, -0.05) is 24.3 Å². The van der Waals surface area contributed by atoms with E-state index in [-0.39, 0.29) is 11.8 Å². The zero-order valence-corrected chi connectivity index (χ0v) is 15.7. The van der Waals surface area contributed by atoms with Crippen molar-refractivity contribution in [2.45, 2.75) is 19.3 Å². The molecule has 1 fully saturated rings. The van der Waals surface area contributed by atoms with Crippen LogP contribution in [0.1, 0.15) is 24.8 Å². The zero-order chi connectivity index (χ0) is 18.4. The Bertz CT molecular complexity index is 741. The molecule has 5 heteroatoms. The van der Waals surface area contributed by atoms with Crippen molar-refractivity contribution in [1.29, 1.82) is 0 Å². The van der Waals surface area contributed by atoms with Crippen molar-refractivity contribution < 1.29 is 14.3 Å². The Morgan fingerprint density at radius 1 is 1.19 bits per heavy atom. The van der Waals surface area contributed by atoms with Crippen molar-refractivity contribution in [2.24, 2.45) is 0 Å². The zero-order valence-electron chi connectivity index (χ0n) is 15.7. The third-order valence-corrected chi connectivity index (χ3v) is 5.02. The van der Waals surface area contributed by atoms with Gasteiger partial charge in [0.15, 0.2) is 0 Å². The van der Waals surface area contributed by atoms with Crippen LogP contribution in [0.4, 0.5) is 0 Å². The van der Waals surface area contributed by atoms with Gasteiger partial charge in [-0.2, -0.15) is 0 Å². The third kappa shape index (κ3) is 4.74. The molecule has 1 amide bonds. The molecule has 3 rings (SSSR count). The third-order valence-electron chi connectivity index (χ3n) is 5.02. The molecule has 5 nitrogen and oxygen atoms in total. The first-order valence-corrected chi connectivity index (χ1v) is 9.33. The molecule has 1 N–H and O–H groups in total. The Morgan fingerprint density at radius 3 is 2.69 bits per heavy atom. The molecule has 2 aromatic rings. The number of rotatable bonds is 7. The first kappa shape index (κ1) is 18.7. The summed E-state index contributed by atoms with van der Waals surface area (Å²) in [5.41, 5.74) is 1.04. The molecule has 1 saturated heterocycles. The first-order valence-electron chi connectivity index (χ1n) is 9.33. The van der Waals surface area contributed by atoms with E-state index in [9.17, 15) is 4.79 Å². The summed E-state index contributed by atoms with van der Waals surface area (Å²) in [4.78, 5) is 14.9. The molecule has 1 atom stereocenters. The molecule has 2 aromatic carbocycles. The van der Waals surface area contributed by atoms with Gasteiger partial charge in [0.05, 0.1) is 26.2 Å². The largest absolute Gasteiger partial charge is 0.497 e. The molecule has 0 aromatic heterocycles. The van der Waals surface area contributed by atoms with E-state index in [0.717, 1.165) is 61.4 Å². The molecule has 26 heavy (non-hydrogen) atoms. The topological polar surface area (TPSA) is 50.8 Å². The van der Waals surface area contributed by atoms with Gasteiger partial charge in [0.25, 0.3) is 0 Å². The number of morpholine rings is 1. The van der Waals surface area contributed by atoms with Gasteiger partial charge < -0.3 is 14.8 Å². The van der Waals surface area contributed by atoms with Crippen LogP contribution in [0.25, 0.3) is 10.8 Å². The summed E-state index contributed by atoms with van der Waals surface area (Å²) in [6, 6.07) is 12.2. The maximum atomic E-state index is 12.5. The van der Waals surface area contributed by atoms with Crippen molar-refractivity contribution in [3.8, 4) is 5.75 Å². The second-order valence-corrected chi connectivity index (χ2v) is 6.79. The van der Waals surface area contributed by atoms with Gasteiger partial charge in [-0.05, 0) is 48.4 Å². The van der Waals surface area contributed by atoms with Crippen molar-refractivity contribution in [1.82, 2.24) is 10.2 Å². The fourth-order valence-electron chi connectivity index (χ4n) is 3.28. The number of benzene rings is 2. The standard InChI is InChI=1S/C21H28N2O3/c1-16(21(24)22-8-3-9-23-10-12-26-13-11-23)17-4-5-19-15-20(25-2)7-6-18(19)14-17/h4-7,14-16H,3,8-13H2,1-2H3,(H,22,24). The SMILES string of the molecule is COc1ccc2cc(C(C)C(=O)NCCCN3CCOCC3)ccc2c1. The number of hydrogen-bond donors (Lipinski definition) is 1. The van der Waals surface area contributed by atoms with Gasteiger partial charge in [-0.3, -0.25) is 9.69 Å². The lowest BCUT2D eigenvalue weighted by Crippen LogP contribution is -2.38. The molecule has 0 bridgehead atoms. The van der Waals surface area contributed by atoms with Gasteiger partial charge in [-0.25, -0.2) is 0 Å². The second-order valence-electron chi connectivity index (χ2n) is 6.79. The summed E-state index contributed by atoms with van der Waals surface area (Å²) in [5.74, 6) is 0.765. The summed E-state index contributed by atoms with van der Waals surface area (Å²) in [6.07, 6.45) is 0.968. The highest BCUT2D eigenvalue weighted by molar-refractivity contribution is 5.88. The van der Waals surface area contributed by atoms with Crippen LogP contribution >= 0.6 is 0 Å². The van der Waals surface area contributed by atoms with Crippen LogP contribution in [0.2, 0.25) is 0 Å². The molecular weight excluding hydrogens is 328 g/mol. The van der Waals surface area contributed by atoms with Gasteiger partial charge in [0.1, 0.15) is 5.75 Å². The van der Waals surface area contributed by atoms with Gasteiger partial charge in [0.2, 0.25) is 5.91 Å². The molecule has 0 spiro atoms. The van der Waals surface area contributed by atoms with E-state index in [1.807, 2.05) is 31.2 Å². The van der Waals surface area contributed by atoms with E-state index in [0.29, 0.717) is 6.54 Å². The molecule has 1 heterocycles. The van der Waals surface area contributed by atoms with Crippen LogP contribution in [-0.4, -0.2) is 57.3 Å². The smallest absolute Gasteiger partial charge is 0.227 e. The molecule has 0 aliphatic carbocycles. The van der Waals surface area contributed by atoms with Crippen molar-refractivity contribution in [2.75, 3.05) is 46.5 Å². The number of amides is 1. The minimum absolute atomic E-state index is 0.0832.